The van der Waals surface area contributed by atoms with Gasteiger partial charge in [0.05, 0.1) is 26.2 Å². The molecule has 4 heteroatoms. The largest absolute Gasteiger partial charge is 0.320 e. The summed E-state index contributed by atoms with van der Waals surface area (Å²) >= 11 is 0. The van der Waals surface area contributed by atoms with E-state index in [4.69, 9.17) is 25.7 Å². The molecule has 0 saturated carbocycles. The Labute approximate surface area is 133 Å². The second-order valence-corrected chi connectivity index (χ2v) is 4.52. The quantitative estimate of drug-likeness (QED) is 0.465. The molecule has 0 bridgehead atoms. The van der Waals surface area contributed by atoms with Gasteiger partial charge in [-0.25, -0.2) is 0 Å². The van der Waals surface area contributed by atoms with Gasteiger partial charge in [0.25, 0.3) is 0 Å². The molecule has 0 N–H and O–H groups in total. The van der Waals surface area contributed by atoms with Gasteiger partial charge in [-0.3, -0.25) is 9.59 Å². The fraction of sp³-hybridized carbons (Fsp3) is 0.444. The van der Waals surface area contributed by atoms with Crippen LogP contribution in [0.5, 0.6) is 0 Å². The van der Waals surface area contributed by atoms with Crippen LogP contribution in [-0.2, 0) is 9.59 Å². The van der Waals surface area contributed by atoms with Gasteiger partial charge >= 0.3 is 0 Å². The molecule has 0 radical (unpaired) electrons. The lowest BCUT2D eigenvalue weighted by Crippen LogP contribution is -2.32. The monoisotopic (exact) mass is 296 g/mol. The molecule has 0 fully saturated rings. The fourth-order valence-electron chi connectivity index (χ4n) is 1.77. The third-order valence-electron chi connectivity index (χ3n) is 2.87. The molecule has 0 spiro atoms. The number of unbranched alkanes of at least 4 members (excludes halogenated alkanes) is 1. The number of amides is 2. The van der Waals surface area contributed by atoms with Gasteiger partial charge in [0.1, 0.15) is 0 Å². The minimum absolute atomic E-state index is 0.104. The summed E-state index contributed by atoms with van der Waals surface area (Å²) in [5, 5.41) is 0. The van der Waals surface area contributed by atoms with Crippen LogP contribution < -0.4 is 0 Å². The average molecular weight is 296 g/mol. The third kappa shape index (κ3) is 7.69. The van der Waals surface area contributed by atoms with E-state index in [1.807, 2.05) is 0 Å². The van der Waals surface area contributed by atoms with E-state index in [0.717, 1.165) is 0 Å². The summed E-state index contributed by atoms with van der Waals surface area (Å²) in [6.45, 7) is 0.778. The topological polar surface area (TPSA) is 40.6 Å². The van der Waals surface area contributed by atoms with Gasteiger partial charge in [0.2, 0.25) is 11.8 Å². The van der Waals surface area contributed by atoms with Crippen molar-refractivity contribution >= 4 is 11.8 Å². The Bertz CT molecular complexity index is 455. The van der Waals surface area contributed by atoms with Crippen LogP contribution in [0.3, 0.4) is 0 Å². The first-order chi connectivity index (χ1) is 10.6. The molecule has 0 unspecified atom stereocenters. The van der Waals surface area contributed by atoms with Gasteiger partial charge in [-0.15, -0.1) is 25.7 Å². The maximum absolute atomic E-state index is 11.9. The van der Waals surface area contributed by atoms with Gasteiger partial charge < -0.3 is 9.80 Å². The Morgan fingerprint density at radius 2 is 0.909 bits per heavy atom. The minimum atomic E-state index is -0.104. The lowest BCUT2D eigenvalue weighted by atomic mass is 10.1. The zero-order valence-electron chi connectivity index (χ0n) is 12.7. The summed E-state index contributed by atoms with van der Waals surface area (Å²) in [6, 6.07) is 0. The van der Waals surface area contributed by atoms with Crippen LogP contribution >= 0.6 is 0 Å². The number of terminal acetylenes is 4. The molecule has 0 saturated heterocycles. The van der Waals surface area contributed by atoms with Crippen molar-refractivity contribution in [3.05, 3.63) is 0 Å². The van der Waals surface area contributed by atoms with E-state index in [1.54, 1.807) is 0 Å². The molecule has 0 aliphatic rings. The van der Waals surface area contributed by atoms with E-state index >= 15 is 0 Å². The molecule has 0 aromatic rings. The molecule has 0 aliphatic carbocycles. The Morgan fingerprint density at radius 3 is 1.14 bits per heavy atom. The number of hydrogen-bond acceptors (Lipinski definition) is 2. The smallest absolute Gasteiger partial charge is 0.224 e. The summed E-state index contributed by atoms with van der Waals surface area (Å²) in [7, 11) is 0. The molecule has 0 rings (SSSR count). The molecule has 2 amide bonds. The zero-order chi connectivity index (χ0) is 16.8. The van der Waals surface area contributed by atoms with Crippen molar-refractivity contribution in [2.75, 3.05) is 26.2 Å². The second kappa shape index (κ2) is 12.0. The highest BCUT2D eigenvalue weighted by molar-refractivity contribution is 5.78. The Morgan fingerprint density at radius 1 is 0.636 bits per heavy atom. The number of nitrogens with zero attached hydrogens (tertiary/aromatic N) is 2. The molecule has 114 valence electrons. The zero-order valence-corrected chi connectivity index (χ0v) is 12.7. The summed E-state index contributed by atoms with van der Waals surface area (Å²) in [5.74, 6) is 9.38. The van der Waals surface area contributed by atoms with E-state index < -0.39 is 0 Å². The van der Waals surface area contributed by atoms with Crippen molar-refractivity contribution in [2.45, 2.75) is 25.7 Å². The van der Waals surface area contributed by atoms with Gasteiger partial charge in [-0.1, -0.05) is 23.7 Å². The summed E-state index contributed by atoms with van der Waals surface area (Å²) in [5.41, 5.74) is 0. The minimum Gasteiger partial charge on any atom is -0.320 e. The molecule has 0 atom stereocenters. The normalized spacial score (nSPS) is 8.73. The van der Waals surface area contributed by atoms with Gasteiger partial charge in [-0.2, -0.15) is 0 Å². The van der Waals surface area contributed by atoms with Gasteiger partial charge in [0.15, 0.2) is 0 Å². The van der Waals surface area contributed by atoms with Gasteiger partial charge in [-0.05, 0) is 12.8 Å². The number of rotatable bonds is 9. The van der Waals surface area contributed by atoms with Crippen LogP contribution in [0.1, 0.15) is 25.7 Å². The van der Waals surface area contributed by atoms with E-state index in [2.05, 4.69) is 23.7 Å². The van der Waals surface area contributed by atoms with Crippen LogP contribution in [0.25, 0.3) is 0 Å². The van der Waals surface area contributed by atoms with Gasteiger partial charge in [0, 0.05) is 12.8 Å². The van der Waals surface area contributed by atoms with E-state index in [-0.39, 0.29) is 38.0 Å². The van der Waals surface area contributed by atoms with E-state index in [9.17, 15) is 9.59 Å². The van der Waals surface area contributed by atoms with Crippen molar-refractivity contribution in [1.29, 1.82) is 0 Å². The van der Waals surface area contributed by atoms with Crippen LogP contribution in [-0.4, -0.2) is 47.8 Å². The summed E-state index contributed by atoms with van der Waals surface area (Å²) < 4.78 is 0. The van der Waals surface area contributed by atoms with Crippen molar-refractivity contribution in [3.8, 4) is 49.4 Å². The third-order valence-corrected chi connectivity index (χ3v) is 2.87. The maximum Gasteiger partial charge on any atom is 0.224 e. The average Bonchev–Trinajstić information content (AvgIpc) is 2.50. The highest BCUT2D eigenvalue weighted by Crippen LogP contribution is 2.06. The van der Waals surface area contributed by atoms with Crippen LogP contribution in [0, 0.1) is 49.4 Å². The molecule has 0 aromatic heterocycles. The molecular weight excluding hydrogens is 276 g/mol. The Kier molecular flexibility index (Phi) is 10.4. The molecular formula is C18H20N2O2. The van der Waals surface area contributed by atoms with Crippen molar-refractivity contribution in [3.63, 3.8) is 0 Å². The standard InChI is InChI=1S/C18H20N2O2/c1-5-13-19(14-6-2)17(21)11-9-10-12-18(22)20(15-7-3)16-8-4/h1-4H,9-16H2. The van der Waals surface area contributed by atoms with E-state index in [1.165, 1.54) is 9.80 Å². The van der Waals surface area contributed by atoms with Crippen LogP contribution in [0.2, 0.25) is 0 Å². The van der Waals surface area contributed by atoms with Crippen molar-refractivity contribution < 1.29 is 9.59 Å². The number of carbonyl (C=O) groups excluding carboxylic acids is 2. The van der Waals surface area contributed by atoms with Crippen molar-refractivity contribution in [2.24, 2.45) is 0 Å². The highest BCUT2D eigenvalue weighted by atomic mass is 16.2. The number of carbonyl (C=O) groups is 2. The lowest BCUT2D eigenvalue weighted by molar-refractivity contribution is -0.132. The first-order valence-electron chi connectivity index (χ1n) is 6.90. The molecule has 0 aromatic carbocycles. The Hall–Kier alpha value is -2.82. The molecule has 0 heterocycles. The predicted octanol–water partition coefficient (Wildman–Crippen LogP) is 0.737. The van der Waals surface area contributed by atoms with Crippen LogP contribution in [0.15, 0.2) is 0 Å². The summed E-state index contributed by atoms with van der Waals surface area (Å²) in [4.78, 5) is 26.7. The lowest BCUT2D eigenvalue weighted by Gasteiger charge is -2.18. The number of hydrogen-bond donors (Lipinski definition) is 0. The fourth-order valence-corrected chi connectivity index (χ4v) is 1.77. The molecule has 4 nitrogen and oxygen atoms in total. The summed E-state index contributed by atoms with van der Waals surface area (Å²) in [6.07, 6.45) is 22.5. The van der Waals surface area contributed by atoms with Crippen LogP contribution in [0.4, 0.5) is 0 Å². The van der Waals surface area contributed by atoms with Crippen molar-refractivity contribution in [1.82, 2.24) is 9.80 Å². The maximum atomic E-state index is 11.9. The Balaban J connectivity index is 4.16. The molecule has 22 heavy (non-hydrogen) atoms. The second-order valence-electron chi connectivity index (χ2n) is 4.52. The SMILES string of the molecule is C#CCN(CC#C)C(=O)CCCCC(=O)N(CC#C)CC#C. The van der Waals surface area contributed by atoms with E-state index in [0.29, 0.717) is 25.7 Å². The molecule has 0 aliphatic heterocycles. The highest BCUT2D eigenvalue weighted by Gasteiger charge is 2.13. The first kappa shape index (κ1) is 19.2. The predicted molar refractivity (Wildman–Crippen MR) is 87.0 cm³/mol. The first-order valence-corrected chi connectivity index (χ1v) is 6.90.